The number of hydrogen-bond donors (Lipinski definition) is 2. The van der Waals surface area contributed by atoms with Gasteiger partial charge in [0, 0.05) is 13.0 Å². The summed E-state index contributed by atoms with van der Waals surface area (Å²) in [4.78, 5) is 0.558. The number of nitrogens with two attached hydrogens (primary N) is 1. The van der Waals surface area contributed by atoms with Gasteiger partial charge in [-0.15, -0.1) is 0 Å². The molecule has 0 saturated heterocycles. The molecule has 1 aromatic carbocycles. The van der Waals surface area contributed by atoms with Crippen LogP contribution in [0.3, 0.4) is 0 Å². The lowest BCUT2D eigenvalue weighted by Gasteiger charge is -2.06. The van der Waals surface area contributed by atoms with Gasteiger partial charge in [0.2, 0.25) is 10.0 Å². The first-order chi connectivity index (χ1) is 7.42. The maximum atomic E-state index is 11.8. The van der Waals surface area contributed by atoms with Crippen LogP contribution >= 0.6 is 12.2 Å². The van der Waals surface area contributed by atoms with Gasteiger partial charge >= 0.3 is 0 Å². The van der Waals surface area contributed by atoms with Gasteiger partial charge in [0.1, 0.15) is 0 Å². The minimum atomic E-state index is -3.44. The molecule has 1 rings (SSSR count). The highest BCUT2D eigenvalue weighted by Crippen LogP contribution is 2.10. The summed E-state index contributed by atoms with van der Waals surface area (Å²) < 4.78 is 26.0. The van der Waals surface area contributed by atoms with Gasteiger partial charge in [0.15, 0.2) is 0 Å². The Hall–Kier alpha value is -0.980. The lowest BCUT2D eigenvalue weighted by molar-refractivity contribution is 0.582. The molecule has 0 aromatic heterocycles. The van der Waals surface area contributed by atoms with Crippen molar-refractivity contribution in [3.63, 3.8) is 0 Å². The number of nitrogens with one attached hydrogen (secondary N) is 1. The molecule has 0 spiro atoms. The molecule has 4 nitrogen and oxygen atoms in total. The molecular formula is C10H14N2O2S2. The Balaban J connectivity index is 2.74. The van der Waals surface area contributed by atoms with Crippen molar-refractivity contribution < 1.29 is 8.42 Å². The fraction of sp³-hybridized carbons (Fsp3) is 0.300. The molecule has 0 amide bonds. The molecule has 6 heteroatoms. The quantitative estimate of drug-likeness (QED) is 0.771. The molecule has 0 aliphatic heterocycles. The monoisotopic (exact) mass is 258 g/mol. The summed E-state index contributed by atoms with van der Waals surface area (Å²) in [7, 11) is -3.44. The smallest absolute Gasteiger partial charge is 0.240 e. The molecule has 0 bridgehead atoms. The zero-order valence-electron chi connectivity index (χ0n) is 8.93. The van der Waals surface area contributed by atoms with E-state index in [2.05, 4.69) is 16.9 Å². The van der Waals surface area contributed by atoms with Crippen LogP contribution in [0.4, 0.5) is 0 Å². The van der Waals surface area contributed by atoms with Crippen molar-refractivity contribution >= 4 is 27.2 Å². The summed E-state index contributed by atoms with van der Waals surface area (Å²) in [6.07, 6.45) is 0.361. The van der Waals surface area contributed by atoms with Crippen molar-refractivity contribution in [1.82, 2.24) is 4.72 Å². The van der Waals surface area contributed by atoms with Crippen LogP contribution in [0, 0.1) is 6.92 Å². The van der Waals surface area contributed by atoms with Crippen molar-refractivity contribution in [2.75, 3.05) is 6.54 Å². The Kier molecular flexibility index (Phi) is 4.40. The summed E-state index contributed by atoms with van der Waals surface area (Å²) in [6, 6.07) is 6.71. The maximum Gasteiger partial charge on any atom is 0.240 e. The highest BCUT2D eigenvalue weighted by atomic mass is 32.2. The summed E-state index contributed by atoms with van der Waals surface area (Å²) in [5.74, 6) is 0. The molecule has 0 fully saturated rings. The average molecular weight is 258 g/mol. The molecule has 0 aliphatic rings. The molecule has 0 atom stereocenters. The molecule has 3 N–H and O–H groups in total. The van der Waals surface area contributed by atoms with Gasteiger partial charge in [-0.3, -0.25) is 0 Å². The largest absolute Gasteiger partial charge is 0.393 e. The highest BCUT2D eigenvalue weighted by Gasteiger charge is 2.12. The topological polar surface area (TPSA) is 72.2 Å². The van der Waals surface area contributed by atoms with Crippen LogP contribution in [0.25, 0.3) is 0 Å². The van der Waals surface area contributed by atoms with Gasteiger partial charge in [0.25, 0.3) is 0 Å². The first-order valence-corrected chi connectivity index (χ1v) is 6.65. The van der Waals surface area contributed by atoms with E-state index in [1.54, 1.807) is 18.2 Å². The van der Waals surface area contributed by atoms with Crippen LogP contribution in [-0.4, -0.2) is 20.0 Å². The maximum absolute atomic E-state index is 11.8. The second kappa shape index (κ2) is 5.38. The second-order valence-electron chi connectivity index (χ2n) is 3.43. The number of benzene rings is 1. The first kappa shape index (κ1) is 13.1. The Morgan fingerprint density at radius 2 is 2.19 bits per heavy atom. The lowest BCUT2D eigenvalue weighted by Crippen LogP contribution is -2.27. The van der Waals surface area contributed by atoms with Gasteiger partial charge < -0.3 is 5.73 Å². The van der Waals surface area contributed by atoms with Crippen LogP contribution in [0.1, 0.15) is 12.0 Å². The molecule has 0 unspecified atom stereocenters. The standard InChI is InChI=1S/C10H14N2O2S2/c1-8-3-2-4-9(7-8)16(13,14)12-6-5-10(11)15/h2-4,7,12H,5-6H2,1H3,(H2,11,15). The van der Waals surface area contributed by atoms with E-state index in [4.69, 9.17) is 5.73 Å². The fourth-order valence-corrected chi connectivity index (χ4v) is 2.41. The highest BCUT2D eigenvalue weighted by molar-refractivity contribution is 7.89. The number of sulfonamides is 1. The molecule has 16 heavy (non-hydrogen) atoms. The molecule has 0 saturated carbocycles. The molecule has 0 aliphatic carbocycles. The predicted molar refractivity (Wildman–Crippen MR) is 67.8 cm³/mol. The zero-order chi connectivity index (χ0) is 12.2. The average Bonchev–Trinajstić information content (AvgIpc) is 2.16. The van der Waals surface area contributed by atoms with E-state index in [-0.39, 0.29) is 11.4 Å². The Bertz CT molecular complexity index is 483. The Morgan fingerprint density at radius 1 is 1.50 bits per heavy atom. The van der Waals surface area contributed by atoms with Crippen molar-refractivity contribution in [2.24, 2.45) is 5.73 Å². The van der Waals surface area contributed by atoms with E-state index in [9.17, 15) is 8.42 Å². The minimum absolute atomic E-state index is 0.228. The fourth-order valence-electron chi connectivity index (χ4n) is 1.17. The van der Waals surface area contributed by atoms with Crippen molar-refractivity contribution in [1.29, 1.82) is 0 Å². The van der Waals surface area contributed by atoms with Crippen LogP contribution in [0.2, 0.25) is 0 Å². The number of aryl methyl sites for hydroxylation is 1. The third-order valence-electron chi connectivity index (χ3n) is 1.96. The molecule has 1 aromatic rings. The van der Waals surface area contributed by atoms with E-state index < -0.39 is 10.0 Å². The third-order valence-corrected chi connectivity index (χ3v) is 3.63. The van der Waals surface area contributed by atoms with E-state index in [1.807, 2.05) is 13.0 Å². The van der Waals surface area contributed by atoms with Crippen molar-refractivity contribution in [3.8, 4) is 0 Å². The van der Waals surface area contributed by atoms with Crippen molar-refractivity contribution in [2.45, 2.75) is 18.2 Å². The summed E-state index contributed by atoms with van der Waals surface area (Å²) in [6.45, 7) is 2.07. The van der Waals surface area contributed by atoms with Crippen LogP contribution in [0.5, 0.6) is 0 Å². The lowest BCUT2D eigenvalue weighted by atomic mass is 10.2. The van der Waals surface area contributed by atoms with Gasteiger partial charge in [-0.1, -0.05) is 24.4 Å². The first-order valence-electron chi connectivity index (χ1n) is 4.76. The molecular weight excluding hydrogens is 244 g/mol. The predicted octanol–water partition coefficient (Wildman–Crippen LogP) is 0.950. The van der Waals surface area contributed by atoms with Gasteiger partial charge in [-0.25, -0.2) is 13.1 Å². The minimum Gasteiger partial charge on any atom is -0.393 e. The molecule has 0 radical (unpaired) electrons. The number of rotatable bonds is 5. The van der Waals surface area contributed by atoms with E-state index in [1.165, 1.54) is 0 Å². The normalized spacial score (nSPS) is 11.3. The van der Waals surface area contributed by atoms with Crippen LogP contribution in [0.15, 0.2) is 29.2 Å². The van der Waals surface area contributed by atoms with E-state index in [0.717, 1.165) is 5.56 Å². The second-order valence-corrected chi connectivity index (χ2v) is 5.72. The van der Waals surface area contributed by atoms with Gasteiger partial charge in [-0.05, 0) is 24.6 Å². The number of thiocarbonyl (C=S) groups is 1. The molecule has 0 heterocycles. The van der Waals surface area contributed by atoms with Crippen LogP contribution in [-0.2, 0) is 10.0 Å². The summed E-state index contributed by atoms with van der Waals surface area (Å²) in [5.41, 5.74) is 6.18. The Morgan fingerprint density at radius 3 is 2.75 bits per heavy atom. The van der Waals surface area contributed by atoms with Gasteiger partial charge in [-0.2, -0.15) is 0 Å². The summed E-state index contributed by atoms with van der Waals surface area (Å²) >= 11 is 4.66. The number of hydrogen-bond acceptors (Lipinski definition) is 3. The third kappa shape index (κ3) is 3.88. The molecule has 88 valence electrons. The van der Waals surface area contributed by atoms with E-state index >= 15 is 0 Å². The van der Waals surface area contributed by atoms with E-state index in [0.29, 0.717) is 11.4 Å². The van der Waals surface area contributed by atoms with Crippen LogP contribution < -0.4 is 10.5 Å². The van der Waals surface area contributed by atoms with Crippen molar-refractivity contribution in [3.05, 3.63) is 29.8 Å². The SMILES string of the molecule is Cc1cccc(S(=O)(=O)NCCC(N)=S)c1. The zero-order valence-corrected chi connectivity index (χ0v) is 10.6. The van der Waals surface area contributed by atoms with Gasteiger partial charge in [0.05, 0.1) is 9.88 Å². The Labute approximate surface area is 101 Å². The summed E-state index contributed by atoms with van der Waals surface area (Å²) in [5, 5.41) is 0.